The molecular formula is C17H18N2O4. The molecule has 0 aromatic heterocycles. The molecule has 0 bridgehead atoms. The Bertz CT molecular complexity index is 657. The first-order valence-corrected chi connectivity index (χ1v) is 7.69. The van der Waals surface area contributed by atoms with Crippen LogP contribution < -0.4 is 10.2 Å². The van der Waals surface area contributed by atoms with Crippen LogP contribution in [-0.2, 0) is 9.59 Å². The molecule has 23 heavy (non-hydrogen) atoms. The summed E-state index contributed by atoms with van der Waals surface area (Å²) in [6.07, 6.45) is 4.89. The monoisotopic (exact) mass is 314 g/mol. The minimum atomic E-state index is -0.526. The maximum Gasteiger partial charge on any atom is 0.274 e. The number of hydrogen-bond acceptors (Lipinski definition) is 4. The van der Waals surface area contributed by atoms with Crippen LogP contribution in [0, 0.1) is 11.8 Å². The molecular weight excluding hydrogens is 296 g/mol. The lowest BCUT2D eigenvalue weighted by molar-refractivity contribution is -0.142. The second-order valence-electron chi connectivity index (χ2n) is 5.54. The van der Waals surface area contributed by atoms with Crippen LogP contribution in [0.1, 0.15) is 30.1 Å². The van der Waals surface area contributed by atoms with Gasteiger partial charge in [0.05, 0.1) is 24.0 Å². The van der Waals surface area contributed by atoms with Gasteiger partial charge >= 0.3 is 0 Å². The average Bonchev–Trinajstić information content (AvgIpc) is 2.81. The van der Waals surface area contributed by atoms with Gasteiger partial charge in [0.2, 0.25) is 0 Å². The van der Waals surface area contributed by atoms with Crippen molar-refractivity contribution in [3.8, 4) is 5.75 Å². The van der Waals surface area contributed by atoms with Gasteiger partial charge < -0.3 is 4.74 Å². The minimum absolute atomic E-state index is 0.294. The van der Waals surface area contributed by atoms with Gasteiger partial charge in [0, 0.05) is 0 Å². The molecule has 0 unspecified atom stereocenters. The fourth-order valence-electron chi connectivity index (χ4n) is 3.01. The van der Waals surface area contributed by atoms with Crippen molar-refractivity contribution in [2.75, 3.05) is 6.61 Å². The summed E-state index contributed by atoms with van der Waals surface area (Å²) in [6.45, 7) is 2.24. The van der Waals surface area contributed by atoms with Gasteiger partial charge in [0.1, 0.15) is 5.75 Å². The lowest BCUT2D eigenvalue weighted by Crippen LogP contribution is -2.46. The zero-order valence-corrected chi connectivity index (χ0v) is 12.8. The molecule has 3 rings (SSSR count). The average molecular weight is 314 g/mol. The largest absolute Gasteiger partial charge is 0.493 e. The molecule has 1 aromatic rings. The van der Waals surface area contributed by atoms with E-state index in [9.17, 15) is 14.4 Å². The minimum Gasteiger partial charge on any atom is -0.493 e. The first-order chi connectivity index (χ1) is 11.1. The van der Waals surface area contributed by atoms with Crippen molar-refractivity contribution in [3.05, 3.63) is 42.0 Å². The van der Waals surface area contributed by atoms with Gasteiger partial charge in [0.25, 0.3) is 17.7 Å². The Kier molecular flexibility index (Phi) is 4.14. The highest BCUT2D eigenvalue weighted by Crippen LogP contribution is 2.34. The third-order valence-electron chi connectivity index (χ3n) is 4.15. The molecule has 1 aliphatic heterocycles. The highest BCUT2D eigenvalue weighted by atomic mass is 16.5. The van der Waals surface area contributed by atoms with E-state index in [4.69, 9.17) is 4.74 Å². The van der Waals surface area contributed by atoms with E-state index in [0.717, 1.165) is 5.01 Å². The summed E-state index contributed by atoms with van der Waals surface area (Å²) in [6, 6.07) is 6.73. The molecule has 0 radical (unpaired) electrons. The van der Waals surface area contributed by atoms with E-state index in [1.165, 1.54) is 0 Å². The number of nitrogens with one attached hydrogen (secondary N) is 1. The fraction of sp³-hybridized carbons (Fsp3) is 0.353. The zero-order valence-electron chi connectivity index (χ0n) is 12.8. The number of para-hydroxylation sites is 1. The molecule has 1 saturated heterocycles. The third-order valence-corrected chi connectivity index (χ3v) is 4.15. The second-order valence-corrected chi connectivity index (χ2v) is 5.54. The van der Waals surface area contributed by atoms with Crippen LogP contribution >= 0.6 is 0 Å². The number of hydrogen-bond donors (Lipinski definition) is 1. The number of hydrazine groups is 1. The molecule has 1 aliphatic carbocycles. The van der Waals surface area contributed by atoms with Crippen LogP contribution in [-0.4, -0.2) is 29.3 Å². The third kappa shape index (κ3) is 2.72. The number of imide groups is 1. The Morgan fingerprint density at radius 1 is 1.17 bits per heavy atom. The van der Waals surface area contributed by atoms with Gasteiger partial charge in [-0.2, -0.15) is 5.01 Å². The highest BCUT2D eigenvalue weighted by Gasteiger charge is 2.48. The smallest absolute Gasteiger partial charge is 0.274 e. The van der Waals surface area contributed by atoms with E-state index in [1.807, 2.05) is 19.1 Å². The van der Waals surface area contributed by atoms with Crippen LogP contribution in [0.2, 0.25) is 0 Å². The lowest BCUT2D eigenvalue weighted by Gasteiger charge is -2.17. The van der Waals surface area contributed by atoms with E-state index in [1.54, 1.807) is 24.3 Å². The molecule has 1 aromatic carbocycles. The van der Waals surface area contributed by atoms with E-state index in [2.05, 4.69) is 5.43 Å². The number of fused-ring (bicyclic) bond motifs is 1. The van der Waals surface area contributed by atoms with E-state index in [-0.39, 0.29) is 23.7 Å². The number of allylic oxidation sites excluding steroid dienone is 2. The number of carbonyl (C=O) groups excluding carboxylic acids is 3. The Morgan fingerprint density at radius 3 is 2.39 bits per heavy atom. The van der Waals surface area contributed by atoms with Crippen molar-refractivity contribution in [3.63, 3.8) is 0 Å². The van der Waals surface area contributed by atoms with Crippen molar-refractivity contribution >= 4 is 17.7 Å². The van der Waals surface area contributed by atoms with Crippen molar-refractivity contribution in [2.45, 2.75) is 19.8 Å². The molecule has 0 spiro atoms. The van der Waals surface area contributed by atoms with Crippen molar-refractivity contribution in [2.24, 2.45) is 11.8 Å². The molecule has 6 nitrogen and oxygen atoms in total. The van der Waals surface area contributed by atoms with E-state index >= 15 is 0 Å². The predicted octanol–water partition coefficient (Wildman–Crippen LogP) is 1.68. The molecule has 2 atom stereocenters. The highest BCUT2D eigenvalue weighted by molar-refractivity contribution is 6.08. The van der Waals surface area contributed by atoms with E-state index < -0.39 is 5.91 Å². The number of ether oxygens (including phenoxy) is 1. The van der Waals surface area contributed by atoms with Gasteiger partial charge in [-0.15, -0.1) is 0 Å². The van der Waals surface area contributed by atoms with Crippen LogP contribution in [0.25, 0.3) is 0 Å². The number of amides is 3. The number of rotatable bonds is 4. The van der Waals surface area contributed by atoms with Crippen molar-refractivity contribution in [1.29, 1.82) is 0 Å². The summed E-state index contributed by atoms with van der Waals surface area (Å²) in [5.41, 5.74) is 2.73. The van der Waals surface area contributed by atoms with Crippen LogP contribution in [0.3, 0.4) is 0 Å². The Balaban J connectivity index is 1.78. The number of nitrogens with zero attached hydrogens (tertiary/aromatic N) is 1. The first-order valence-electron chi connectivity index (χ1n) is 7.69. The quantitative estimate of drug-likeness (QED) is 0.678. The SMILES string of the molecule is CCOc1ccccc1C(=O)NN1C(=O)[C@@H]2CC=CC[C@H]2C1=O. The Labute approximate surface area is 134 Å². The topological polar surface area (TPSA) is 75.7 Å². The van der Waals surface area contributed by atoms with E-state index in [0.29, 0.717) is 30.8 Å². The molecule has 2 aliphatic rings. The van der Waals surface area contributed by atoms with Crippen LogP contribution in [0.4, 0.5) is 0 Å². The van der Waals surface area contributed by atoms with Crippen LogP contribution in [0.15, 0.2) is 36.4 Å². The Hall–Kier alpha value is -2.63. The zero-order chi connectivity index (χ0) is 16.4. The molecule has 1 fully saturated rings. The summed E-state index contributed by atoms with van der Waals surface area (Å²) in [5.74, 6) is -1.52. The maximum absolute atomic E-state index is 12.4. The lowest BCUT2D eigenvalue weighted by atomic mass is 9.85. The summed E-state index contributed by atoms with van der Waals surface area (Å²) in [7, 11) is 0. The summed E-state index contributed by atoms with van der Waals surface area (Å²) in [4.78, 5) is 37.1. The summed E-state index contributed by atoms with van der Waals surface area (Å²) < 4.78 is 5.41. The number of carbonyl (C=O) groups is 3. The molecule has 1 N–H and O–H groups in total. The maximum atomic E-state index is 12.4. The normalized spacial score (nSPS) is 22.9. The number of benzene rings is 1. The fourth-order valence-corrected chi connectivity index (χ4v) is 3.01. The van der Waals surface area contributed by atoms with Gasteiger partial charge in [-0.05, 0) is 31.9 Å². The van der Waals surface area contributed by atoms with Crippen LogP contribution in [0.5, 0.6) is 5.75 Å². The van der Waals surface area contributed by atoms with Gasteiger partial charge in [-0.25, -0.2) is 0 Å². The van der Waals surface area contributed by atoms with Gasteiger partial charge in [0.15, 0.2) is 0 Å². The molecule has 6 heteroatoms. The molecule has 3 amide bonds. The van der Waals surface area contributed by atoms with Crippen molar-refractivity contribution < 1.29 is 19.1 Å². The Morgan fingerprint density at radius 2 is 1.78 bits per heavy atom. The predicted molar refractivity (Wildman–Crippen MR) is 82.3 cm³/mol. The molecule has 0 saturated carbocycles. The van der Waals surface area contributed by atoms with Gasteiger partial charge in [-0.1, -0.05) is 24.3 Å². The summed E-state index contributed by atoms with van der Waals surface area (Å²) in [5, 5.41) is 0.868. The first kappa shape index (κ1) is 15.3. The molecule has 1 heterocycles. The van der Waals surface area contributed by atoms with Crippen molar-refractivity contribution in [1.82, 2.24) is 10.4 Å². The summed E-state index contributed by atoms with van der Waals surface area (Å²) >= 11 is 0. The molecule has 120 valence electrons. The van der Waals surface area contributed by atoms with Gasteiger partial charge in [-0.3, -0.25) is 19.8 Å². The second kappa shape index (κ2) is 6.24. The standard InChI is InChI=1S/C17H18N2O4/c1-2-23-14-10-6-5-9-13(14)15(20)18-19-16(21)11-7-3-4-8-12(11)17(19)22/h3-6,9-12H,2,7-8H2,1H3,(H,18,20)/t11-,12-/m1/s1.